The Morgan fingerprint density at radius 3 is 2.03 bits per heavy atom. The zero-order valence-electron chi connectivity index (χ0n) is 19.3. The molecule has 0 saturated heterocycles. The number of hydrogen-bond acceptors (Lipinski definition) is 3. The maximum Gasteiger partial charge on any atom is 0.343 e. The Morgan fingerprint density at radius 2 is 1.47 bits per heavy atom. The van der Waals surface area contributed by atoms with Crippen LogP contribution in [-0.4, -0.2) is 5.97 Å². The lowest BCUT2D eigenvalue weighted by Gasteiger charge is -2.38. The Balaban J connectivity index is 1.26. The topological polar surface area (TPSA) is 50.1 Å². The Morgan fingerprint density at radius 1 is 0.875 bits per heavy atom. The van der Waals surface area contributed by atoms with Crippen molar-refractivity contribution in [1.29, 1.82) is 5.26 Å². The minimum absolute atomic E-state index is 0.358. The van der Waals surface area contributed by atoms with Crippen molar-refractivity contribution in [2.45, 2.75) is 77.0 Å². The van der Waals surface area contributed by atoms with Crippen LogP contribution in [0.2, 0.25) is 0 Å². The van der Waals surface area contributed by atoms with E-state index >= 15 is 0 Å². The first-order chi connectivity index (χ1) is 15.7. The smallest absolute Gasteiger partial charge is 0.343 e. The van der Waals surface area contributed by atoms with Gasteiger partial charge in [0.25, 0.3) is 0 Å². The summed E-state index contributed by atoms with van der Waals surface area (Å²) in [5.74, 6) is 3.60. The summed E-state index contributed by atoms with van der Waals surface area (Å²) < 4.78 is 5.44. The molecule has 32 heavy (non-hydrogen) atoms. The predicted octanol–water partition coefficient (Wildman–Crippen LogP) is 7.66. The second kappa shape index (κ2) is 10.8. The quantitative estimate of drug-likeness (QED) is 0.350. The Bertz CT molecular complexity index is 909. The first-order valence-corrected chi connectivity index (χ1v) is 12.5. The highest BCUT2D eigenvalue weighted by Crippen LogP contribution is 2.44. The van der Waals surface area contributed by atoms with Gasteiger partial charge in [0.15, 0.2) is 0 Å². The highest BCUT2D eigenvalue weighted by molar-refractivity contribution is 5.91. The molecule has 3 nitrogen and oxygen atoms in total. The third kappa shape index (κ3) is 5.60. The number of rotatable bonds is 6. The minimum Gasteiger partial charge on any atom is -0.423 e. The Hall–Kier alpha value is -2.60. The maximum atomic E-state index is 12.5. The fourth-order valence-corrected chi connectivity index (χ4v) is 5.94. The fraction of sp³-hybridized carbons (Fsp3) is 0.517. The molecule has 0 aromatic heterocycles. The number of nitriles is 1. The normalized spacial score (nSPS) is 25.6. The molecular formula is C29H35NO2. The van der Waals surface area contributed by atoms with Crippen molar-refractivity contribution >= 4 is 5.97 Å². The molecule has 2 aromatic carbocycles. The SMILES string of the molecule is CCC[C@H]1CC[C@H](C2CCC(c3ccc(C(=O)Oc4ccc(C#N)cc4)cc3)CC2)CC1. The average molecular weight is 430 g/mol. The van der Waals surface area contributed by atoms with Crippen molar-refractivity contribution in [2.75, 3.05) is 0 Å². The number of carbonyl (C=O) groups is 1. The van der Waals surface area contributed by atoms with Crippen LogP contribution in [-0.2, 0) is 0 Å². The lowest BCUT2D eigenvalue weighted by atomic mass is 9.68. The summed E-state index contributed by atoms with van der Waals surface area (Å²) in [6.45, 7) is 2.32. The van der Waals surface area contributed by atoms with E-state index in [1.54, 1.807) is 24.3 Å². The molecule has 168 valence electrons. The summed E-state index contributed by atoms with van der Waals surface area (Å²) in [5, 5.41) is 8.87. The summed E-state index contributed by atoms with van der Waals surface area (Å²) in [6.07, 6.45) is 13.8. The van der Waals surface area contributed by atoms with Gasteiger partial charge in [-0.2, -0.15) is 5.26 Å². The number of hydrogen-bond donors (Lipinski definition) is 0. The minimum atomic E-state index is -0.358. The number of esters is 1. The van der Waals surface area contributed by atoms with Crippen LogP contribution < -0.4 is 4.74 Å². The molecule has 3 heteroatoms. The zero-order valence-corrected chi connectivity index (χ0v) is 19.3. The molecule has 0 amide bonds. The van der Waals surface area contributed by atoms with Gasteiger partial charge >= 0.3 is 5.97 Å². The maximum absolute atomic E-state index is 12.5. The lowest BCUT2D eigenvalue weighted by molar-refractivity contribution is 0.0734. The average Bonchev–Trinajstić information content (AvgIpc) is 2.85. The van der Waals surface area contributed by atoms with Crippen molar-refractivity contribution in [3.8, 4) is 11.8 Å². The molecule has 2 aliphatic rings. The third-order valence-corrected chi connectivity index (χ3v) is 7.84. The van der Waals surface area contributed by atoms with Gasteiger partial charge in [-0.15, -0.1) is 0 Å². The van der Waals surface area contributed by atoms with E-state index in [9.17, 15) is 4.79 Å². The van der Waals surface area contributed by atoms with Crippen LogP contribution in [0, 0.1) is 29.1 Å². The third-order valence-electron chi connectivity index (χ3n) is 7.84. The molecule has 0 unspecified atom stereocenters. The Kier molecular flexibility index (Phi) is 7.63. The van der Waals surface area contributed by atoms with Gasteiger partial charge < -0.3 is 4.74 Å². The number of benzene rings is 2. The predicted molar refractivity (Wildman–Crippen MR) is 128 cm³/mol. The first-order valence-electron chi connectivity index (χ1n) is 12.5. The van der Waals surface area contributed by atoms with Crippen LogP contribution >= 0.6 is 0 Å². The van der Waals surface area contributed by atoms with Gasteiger partial charge in [-0.1, -0.05) is 44.7 Å². The van der Waals surface area contributed by atoms with Crippen molar-refractivity contribution < 1.29 is 9.53 Å². The van der Waals surface area contributed by atoms with E-state index in [1.165, 1.54) is 69.8 Å². The number of nitrogens with zero attached hydrogens (tertiary/aromatic N) is 1. The lowest BCUT2D eigenvalue weighted by Crippen LogP contribution is -2.25. The summed E-state index contributed by atoms with van der Waals surface area (Å²) in [4.78, 5) is 12.5. The Labute approximate surface area is 192 Å². The van der Waals surface area contributed by atoms with Crippen LogP contribution in [0.1, 0.15) is 98.5 Å². The van der Waals surface area contributed by atoms with E-state index < -0.39 is 0 Å². The second-order valence-electron chi connectivity index (χ2n) is 9.83. The molecule has 0 atom stereocenters. The molecular weight excluding hydrogens is 394 g/mol. The van der Waals surface area contributed by atoms with Crippen LogP contribution in [0.5, 0.6) is 5.75 Å². The molecule has 2 aliphatic carbocycles. The van der Waals surface area contributed by atoms with Gasteiger partial charge in [0.2, 0.25) is 0 Å². The number of ether oxygens (including phenoxy) is 1. The molecule has 2 aromatic rings. The largest absolute Gasteiger partial charge is 0.423 e. The van der Waals surface area contributed by atoms with Gasteiger partial charge in [-0.05, 0) is 104 Å². The number of carbonyl (C=O) groups excluding carboxylic acids is 1. The van der Waals surface area contributed by atoms with Gasteiger partial charge in [-0.25, -0.2) is 4.79 Å². The van der Waals surface area contributed by atoms with Crippen LogP contribution in [0.3, 0.4) is 0 Å². The zero-order chi connectivity index (χ0) is 22.3. The summed E-state index contributed by atoms with van der Waals surface area (Å²) >= 11 is 0. The van der Waals surface area contributed by atoms with Crippen molar-refractivity contribution in [1.82, 2.24) is 0 Å². The van der Waals surface area contributed by atoms with E-state index in [0.29, 0.717) is 22.8 Å². The van der Waals surface area contributed by atoms with Crippen molar-refractivity contribution in [2.24, 2.45) is 17.8 Å². The fourth-order valence-electron chi connectivity index (χ4n) is 5.94. The molecule has 4 rings (SSSR count). The van der Waals surface area contributed by atoms with Gasteiger partial charge in [0, 0.05) is 0 Å². The molecule has 0 N–H and O–H groups in total. The van der Waals surface area contributed by atoms with Gasteiger partial charge in [-0.3, -0.25) is 0 Å². The summed E-state index contributed by atoms with van der Waals surface area (Å²) in [5.41, 5.74) is 2.47. The summed E-state index contributed by atoms with van der Waals surface area (Å²) in [6, 6.07) is 16.7. The van der Waals surface area contributed by atoms with Crippen LogP contribution in [0.15, 0.2) is 48.5 Å². The van der Waals surface area contributed by atoms with E-state index in [4.69, 9.17) is 10.00 Å². The molecule has 0 bridgehead atoms. The van der Waals surface area contributed by atoms with Crippen molar-refractivity contribution in [3.63, 3.8) is 0 Å². The first kappa shape index (κ1) is 22.6. The molecule has 0 heterocycles. The molecule has 0 aliphatic heterocycles. The second-order valence-corrected chi connectivity index (χ2v) is 9.83. The molecule has 2 saturated carbocycles. The highest BCUT2D eigenvalue weighted by atomic mass is 16.5. The van der Waals surface area contributed by atoms with E-state index in [0.717, 1.165) is 17.8 Å². The standard InChI is InChI=1S/C29H35NO2/c1-2-3-21-4-8-23(9-5-21)24-10-12-25(13-11-24)26-14-16-27(17-15-26)29(31)32-28-18-6-22(20-30)7-19-28/h6-7,14-19,21,23-25H,2-5,8-13H2,1H3/t21-,23-,24?,25?. The highest BCUT2D eigenvalue weighted by Gasteiger charge is 2.31. The van der Waals surface area contributed by atoms with Crippen LogP contribution in [0.25, 0.3) is 0 Å². The van der Waals surface area contributed by atoms with Gasteiger partial charge in [0.05, 0.1) is 17.2 Å². The van der Waals surface area contributed by atoms with E-state index in [-0.39, 0.29) is 5.97 Å². The molecule has 0 radical (unpaired) electrons. The monoisotopic (exact) mass is 429 g/mol. The van der Waals surface area contributed by atoms with Crippen LogP contribution in [0.4, 0.5) is 0 Å². The molecule has 0 spiro atoms. The summed E-state index contributed by atoms with van der Waals surface area (Å²) in [7, 11) is 0. The van der Waals surface area contributed by atoms with E-state index in [1.807, 2.05) is 12.1 Å². The van der Waals surface area contributed by atoms with Crippen molar-refractivity contribution in [3.05, 3.63) is 65.2 Å². The molecule has 2 fully saturated rings. The van der Waals surface area contributed by atoms with E-state index in [2.05, 4.69) is 25.1 Å². The van der Waals surface area contributed by atoms with Gasteiger partial charge in [0.1, 0.15) is 5.75 Å².